The van der Waals surface area contributed by atoms with Crippen LogP contribution in [0.3, 0.4) is 0 Å². The molecule has 0 saturated carbocycles. The lowest BCUT2D eigenvalue weighted by atomic mass is 10.0. The van der Waals surface area contributed by atoms with Crippen LogP contribution in [0.4, 0.5) is 10.5 Å². The van der Waals surface area contributed by atoms with Gasteiger partial charge in [0.05, 0.1) is 13.2 Å². The molecule has 2 fully saturated rings. The minimum absolute atomic E-state index is 0.0425. The Balaban J connectivity index is 1.58. The molecule has 170 valence electrons. The molecule has 9 heteroatoms. The zero-order chi connectivity index (χ0) is 22.6. The summed E-state index contributed by atoms with van der Waals surface area (Å²) in [6, 6.07) is 6.40. The van der Waals surface area contributed by atoms with E-state index in [4.69, 9.17) is 9.47 Å². The summed E-state index contributed by atoms with van der Waals surface area (Å²) in [7, 11) is 0. The van der Waals surface area contributed by atoms with E-state index in [0.717, 1.165) is 30.8 Å². The number of amides is 2. The summed E-state index contributed by atoms with van der Waals surface area (Å²) >= 11 is 0. The van der Waals surface area contributed by atoms with Gasteiger partial charge in [-0.2, -0.15) is 0 Å². The highest BCUT2D eigenvalue weighted by Crippen LogP contribution is 2.21. The fourth-order valence-corrected chi connectivity index (χ4v) is 3.78. The van der Waals surface area contributed by atoms with Crippen molar-refractivity contribution in [3.05, 3.63) is 29.8 Å². The van der Waals surface area contributed by atoms with Gasteiger partial charge in [-0.25, -0.2) is 9.59 Å². The van der Waals surface area contributed by atoms with Gasteiger partial charge in [0.1, 0.15) is 11.6 Å². The van der Waals surface area contributed by atoms with Crippen LogP contribution in [0.5, 0.6) is 0 Å². The van der Waals surface area contributed by atoms with Crippen LogP contribution < -0.4 is 10.2 Å². The number of anilines is 1. The molecule has 3 rings (SSSR count). The van der Waals surface area contributed by atoms with Gasteiger partial charge in [0.15, 0.2) is 0 Å². The van der Waals surface area contributed by atoms with Crippen molar-refractivity contribution in [3.63, 3.8) is 0 Å². The molecule has 0 aliphatic carbocycles. The molecule has 2 aliphatic heterocycles. The molecule has 9 nitrogen and oxygen atoms in total. The van der Waals surface area contributed by atoms with Crippen molar-refractivity contribution in [1.82, 2.24) is 10.2 Å². The van der Waals surface area contributed by atoms with Gasteiger partial charge in [0.25, 0.3) is 0 Å². The molecule has 2 saturated heterocycles. The number of nitrogens with one attached hydrogen (secondary N) is 1. The van der Waals surface area contributed by atoms with Crippen molar-refractivity contribution >= 4 is 23.7 Å². The Morgan fingerprint density at radius 1 is 1.26 bits per heavy atom. The Kier molecular flexibility index (Phi) is 7.17. The summed E-state index contributed by atoms with van der Waals surface area (Å²) in [4.78, 5) is 40.1. The third kappa shape index (κ3) is 6.41. The van der Waals surface area contributed by atoms with E-state index in [9.17, 15) is 19.5 Å². The van der Waals surface area contributed by atoms with E-state index in [1.54, 1.807) is 37.8 Å². The number of rotatable bonds is 6. The number of aliphatic carboxylic acids is 1. The van der Waals surface area contributed by atoms with Crippen LogP contribution in [-0.4, -0.2) is 78.5 Å². The van der Waals surface area contributed by atoms with Crippen LogP contribution >= 0.6 is 0 Å². The maximum Gasteiger partial charge on any atom is 0.408 e. The molecule has 0 radical (unpaired) electrons. The number of ether oxygens (including phenoxy) is 2. The summed E-state index contributed by atoms with van der Waals surface area (Å²) < 4.78 is 10.6. The average Bonchev–Trinajstić information content (AvgIpc) is 3.21. The summed E-state index contributed by atoms with van der Waals surface area (Å²) in [6.45, 7) is 8.34. The maximum absolute atomic E-state index is 12.7. The van der Waals surface area contributed by atoms with E-state index < -0.39 is 23.7 Å². The first-order chi connectivity index (χ1) is 14.6. The standard InChI is InChI=1S/C22H31N3O6/c1-22(2,3)31-21(29)23-18(20(27)28)12-15-4-6-16(7-5-15)25-10-9-24(13-19(25)26)17-8-11-30-14-17/h4-7,17-18H,8-14H2,1-3H3,(H,23,29)(H,27,28). The van der Waals surface area contributed by atoms with E-state index in [0.29, 0.717) is 25.7 Å². The molecular formula is C22H31N3O6. The lowest BCUT2D eigenvalue weighted by molar-refractivity contribution is -0.139. The van der Waals surface area contributed by atoms with Crippen LogP contribution in [0.15, 0.2) is 24.3 Å². The summed E-state index contributed by atoms with van der Waals surface area (Å²) in [5.41, 5.74) is 0.806. The van der Waals surface area contributed by atoms with Gasteiger partial charge >= 0.3 is 12.1 Å². The van der Waals surface area contributed by atoms with Crippen LogP contribution in [0, 0.1) is 0 Å². The second-order valence-electron chi connectivity index (χ2n) is 8.94. The molecule has 0 aromatic heterocycles. The number of alkyl carbamates (subject to hydrolysis) is 1. The third-order valence-electron chi connectivity index (χ3n) is 5.35. The zero-order valence-corrected chi connectivity index (χ0v) is 18.3. The summed E-state index contributed by atoms with van der Waals surface area (Å²) in [5, 5.41) is 11.9. The fourth-order valence-electron chi connectivity index (χ4n) is 3.78. The number of nitrogens with zero attached hydrogens (tertiary/aromatic N) is 2. The summed E-state index contributed by atoms with van der Waals surface area (Å²) in [6.07, 6.45) is 0.301. The lowest BCUT2D eigenvalue weighted by Crippen LogP contribution is -2.54. The predicted molar refractivity (Wildman–Crippen MR) is 114 cm³/mol. The first kappa shape index (κ1) is 23.0. The molecule has 0 spiro atoms. The largest absolute Gasteiger partial charge is 0.480 e. The normalized spacial score (nSPS) is 21.1. The first-order valence-electron chi connectivity index (χ1n) is 10.6. The van der Waals surface area contributed by atoms with Crippen molar-refractivity contribution < 1.29 is 29.0 Å². The highest BCUT2D eigenvalue weighted by atomic mass is 16.6. The monoisotopic (exact) mass is 433 g/mol. The van der Waals surface area contributed by atoms with Crippen LogP contribution in [-0.2, 0) is 25.5 Å². The van der Waals surface area contributed by atoms with E-state index in [1.165, 1.54) is 0 Å². The highest BCUT2D eigenvalue weighted by Gasteiger charge is 2.31. The second kappa shape index (κ2) is 9.65. The molecule has 2 amide bonds. The third-order valence-corrected chi connectivity index (χ3v) is 5.35. The number of piperazine rings is 1. The van der Waals surface area contributed by atoms with Crippen LogP contribution in [0.1, 0.15) is 32.8 Å². The van der Waals surface area contributed by atoms with Gasteiger partial charge in [-0.15, -0.1) is 0 Å². The second-order valence-corrected chi connectivity index (χ2v) is 8.94. The number of carboxylic acid groups (broad SMARTS) is 1. The molecule has 2 atom stereocenters. The van der Waals surface area contributed by atoms with Crippen molar-refractivity contribution in [3.8, 4) is 0 Å². The van der Waals surface area contributed by atoms with E-state index in [1.807, 2.05) is 12.1 Å². The van der Waals surface area contributed by atoms with Crippen LogP contribution in [0.25, 0.3) is 0 Å². The Morgan fingerprint density at radius 3 is 2.52 bits per heavy atom. The number of hydrogen-bond donors (Lipinski definition) is 2. The van der Waals surface area contributed by atoms with Crippen LogP contribution in [0.2, 0.25) is 0 Å². The quantitative estimate of drug-likeness (QED) is 0.702. The Bertz CT molecular complexity index is 798. The number of hydrogen-bond acceptors (Lipinski definition) is 6. The maximum atomic E-state index is 12.7. The minimum Gasteiger partial charge on any atom is -0.480 e. The molecule has 2 aliphatic rings. The molecule has 1 aromatic rings. The van der Waals surface area contributed by atoms with Gasteiger partial charge < -0.3 is 24.8 Å². The van der Waals surface area contributed by atoms with E-state index >= 15 is 0 Å². The number of benzene rings is 1. The van der Waals surface area contributed by atoms with Crippen molar-refractivity contribution in [1.29, 1.82) is 0 Å². The SMILES string of the molecule is CC(C)(C)OC(=O)NC(Cc1ccc(N2CCN(C3CCOC3)CC2=O)cc1)C(=O)O. The fraction of sp³-hybridized carbons (Fsp3) is 0.591. The Labute approximate surface area is 182 Å². The zero-order valence-electron chi connectivity index (χ0n) is 18.3. The summed E-state index contributed by atoms with van der Waals surface area (Å²) in [5.74, 6) is -1.10. The highest BCUT2D eigenvalue weighted by molar-refractivity contribution is 5.95. The molecule has 31 heavy (non-hydrogen) atoms. The number of carbonyl (C=O) groups is 3. The molecule has 2 N–H and O–H groups in total. The first-order valence-corrected chi connectivity index (χ1v) is 10.6. The van der Waals surface area contributed by atoms with Gasteiger partial charge in [0, 0.05) is 37.8 Å². The lowest BCUT2D eigenvalue weighted by Gasteiger charge is -2.37. The average molecular weight is 434 g/mol. The smallest absolute Gasteiger partial charge is 0.408 e. The van der Waals surface area contributed by atoms with Crippen molar-refractivity contribution in [2.45, 2.75) is 51.3 Å². The van der Waals surface area contributed by atoms with Gasteiger partial charge in [0.2, 0.25) is 5.91 Å². The van der Waals surface area contributed by atoms with Gasteiger partial charge in [-0.05, 0) is 44.9 Å². The molecular weight excluding hydrogens is 402 g/mol. The number of carboxylic acids is 1. The minimum atomic E-state index is -1.14. The topological polar surface area (TPSA) is 108 Å². The number of carbonyl (C=O) groups excluding carboxylic acids is 2. The Hall–Kier alpha value is -2.65. The Morgan fingerprint density at radius 2 is 1.97 bits per heavy atom. The van der Waals surface area contributed by atoms with E-state index in [-0.39, 0.29) is 12.3 Å². The van der Waals surface area contributed by atoms with Gasteiger partial charge in [-0.1, -0.05) is 12.1 Å². The molecule has 2 unspecified atom stereocenters. The van der Waals surface area contributed by atoms with E-state index in [2.05, 4.69) is 10.2 Å². The molecule has 0 bridgehead atoms. The predicted octanol–water partition coefficient (Wildman–Crippen LogP) is 1.64. The van der Waals surface area contributed by atoms with Crippen molar-refractivity contribution in [2.24, 2.45) is 0 Å². The molecule has 1 aromatic carbocycles. The van der Waals surface area contributed by atoms with Gasteiger partial charge in [-0.3, -0.25) is 9.69 Å². The molecule has 2 heterocycles. The van der Waals surface area contributed by atoms with Crippen molar-refractivity contribution in [2.75, 3.05) is 37.7 Å².